The van der Waals surface area contributed by atoms with Crippen molar-refractivity contribution >= 4 is 11.4 Å². The van der Waals surface area contributed by atoms with Crippen LogP contribution in [-0.4, -0.2) is 24.2 Å². The van der Waals surface area contributed by atoms with Gasteiger partial charge in [0.1, 0.15) is 0 Å². The summed E-state index contributed by atoms with van der Waals surface area (Å²) >= 11 is 0. The van der Waals surface area contributed by atoms with Gasteiger partial charge >= 0.3 is 0 Å². The van der Waals surface area contributed by atoms with Crippen molar-refractivity contribution in [3.8, 4) is 0 Å². The van der Waals surface area contributed by atoms with E-state index in [1.165, 1.54) is 0 Å². The second-order valence-electron chi connectivity index (χ2n) is 4.61. The number of aryl methyl sites for hydroxylation is 1. The third-order valence-electron chi connectivity index (χ3n) is 3.23. The Hall–Kier alpha value is -1.62. The summed E-state index contributed by atoms with van der Waals surface area (Å²) in [6.45, 7) is 3.39. The number of ether oxygens (including phenoxy) is 1. The average molecular weight is 250 g/mol. The minimum Gasteiger partial charge on any atom is -0.385 e. The average Bonchev–Trinajstić information content (AvgIpc) is 2.84. The fourth-order valence-corrected chi connectivity index (χ4v) is 2.17. The first-order valence-electron chi connectivity index (χ1n) is 6.27. The molecule has 2 rings (SSSR count). The zero-order valence-electron chi connectivity index (χ0n) is 10.5. The molecule has 1 atom stereocenters. The van der Waals surface area contributed by atoms with Crippen molar-refractivity contribution in [3.63, 3.8) is 0 Å². The lowest BCUT2D eigenvalue weighted by Gasteiger charge is -2.11. The lowest BCUT2D eigenvalue weighted by molar-refractivity contribution is -0.385. The Morgan fingerprint density at radius 3 is 3.06 bits per heavy atom. The number of hydrogen-bond donors (Lipinski definition) is 1. The van der Waals surface area contributed by atoms with E-state index in [2.05, 4.69) is 5.32 Å². The van der Waals surface area contributed by atoms with Gasteiger partial charge in [-0.3, -0.25) is 10.1 Å². The molecule has 1 saturated heterocycles. The zero-order chi connectivity index (χ0) is 13.0. The molecule has 0 saturated carbocycles. The molecule has 98 valence electrons. The Balaban J connectivity index is 1.88. The van der Waals surface area contributed by atoms with Crippen molar-refractivity contribution in [2.24, 2.45) is 0 Å². The van der Waals surface area contributed by atoms with Gasteiger partial charge in [0.25, 0.3) is 5.69 Å². The maximum atomic E-state index is 10.8. The van der Waals surface area contributed by atoms with Crippen LogP contribution in [0.2, 0.25) is 0 Å². The minimum atomic E-state index is -0.347. The molecule has 1 N–H and O–H groups in total. The molecule has 18 heavy (non-hydrogen) atoms. The molecule has 1 heterocycles. The Bertz CT molecular complexity index is 428. The predicted octanol–water partition coefficient (Wildman–Crippen LogP) is 2.88. The second-order valence-corrected chi connectivity index (χ2v) is 4.61. The van der Waals surface area contributed by atoms with Gasteiger partial charge in [0.2, 0.25) is 0 Å². The van der Waals surface area contributed by atoms with Crippen LogP contribution in [0.3, 0.4) is 0 Å². The van der Waals surface area contributed by atoms with Crippen molar-refractivity contribution in [2.45, 2.75) is 32.3 Å². The van der Waals surface area contributed by atoms with Crippen LogP contribution in [0.15, 0.2) is 18.2 Å². The fraction of sp³-hybridized carbons (Fsp3) is 0.538. The Morgan fingerprint density at radius 2 is 2.39 bits per heavy atom. The van der Waals surface area contributed by atoms with E-state index in [0.29, 0.717) is 11.7 Å². The maximum absolute atomic E-state index is 10.8. The summed E-state index contributed by atoms with van der Waals surface area (Å²) in [5.41, 5.74) is 1.65. The highest BCUT2D eigenvalue weighted by atomic mass is 16.6. The summed E-state index contributed by atoms with van der Waals surface area (Å²) in [5, 5.41) is 14.0. The normalized spacial score (nSPS) is 18.8. The van der Waals surface area contributed by atoms with E-state index in [9.17, 15) is 10.1 Å². The number of nitro benzene ring substituents is 1. The predicted molar refractivity (Wildman–Crippen MR) is 69.9 cm³/mol. The smallest absolute Gasteiger partial charge is 0.274 e. The third kappa shape index (κ3) is 3.20. The quantitative estimate of drug-likeness (QED) is 0.644. The highest BCUT2D eigenvalue weighted by Crippen LogP contribution is 2.22. The number of nitrogens with zero attached hydrogens (tertiary/aromatic N) is 1. The van der Waals surface area contributed by atoms with Crippen LogP contribution in [0.4, 0.5) is 11.4 Å². The van der Waals surface area contributed by atoms with Gasteiger partial charge in [0.05, 0.1) is 11.0 Å². The summed E-state index contributed by atoms with van der Waals surface area (Å²) < 4.78 is 5.52. The summed E-state index contributed by atoms with van der Waals surface area (Å²) in [6.07, 6.45) is 3.55. The lowest BCUT2D eigenvalue weighted by atomic mass is 10.1. The largest absolute Gasteiger partial charge is 0.385 e. The highest BCUT2D eigenvalue weighted by molar-refractivity contribution is 5.54. The first-order chi connectivity index (χ1) is 8.66. The second kappa shape index (κ2) is 5.82. The van der Waals surface area contributed by atoms with Gasteiger partial charge in [-0.1, -0.05) is 6.07 Å². The molecule has 1 aliphatic heterocycles. The summed E-state index contributed by atoms with van der Waals surface area (Å²) in [4.78, 5) is 10.5. The van der Waals surface area contributed by atoms with Gasteiger partial charge in [-0.25, -0.2) is 0 Å². The molecule has 0 aromatic heterocycles. The molecule has 5 heteroatoms. The van der Waals surface area contributed by atoms with Gasteiger partial charge in [-0.2, -0.15) is 0 Å². The molecule has 0 aliphatic carbocycles. The number of hydrogen-bond acceptors (Lipinski definition) is 4. The monoisotopic (exact) mass is 250 g/mol. The number of benzene rings is 1. The number of anilines is 1. The first kappa shape index (κ1) is 12.8. The summed E-state index contributed by atoms with van der Waals surface area (Å²) in [7, 11) is 0. The van der Waals surface area contributed by atoms with E-state index in [-0.39, 0.29) is 10.6 Å². The lowest BCUT2D eigenvalue weighted by Crippen LogP contribution is -2.12. The third-order valence-corrected chi connectivity index (χ3v) is 3.23. The Labute approximate surface area is 106 Å². The molecule has 1 aromatic carbocycles. The van der Waals surface area contributed by atoms with E-state index >= 15 is 0 Å². The Morgan fingerprint density at radius 1 is 1.56 bits per heavy atom. The van der Waals surface area contributed by atoms with Crippen molar-refractivity contribution < 1.29 is 9.66 Å². The van der Waals surface area contributed by atoms with Gasteiger partial charge in [-0.15, -0.1) is 0 Å². The summed E-state index contributed by atoms with van der Waals surface area (Å²) in [6, 6.07) is 5.23. The SMILES string of the molecule is Cc1ccc(NCCC2CCCO2)cc1[N+](=O)[O-]. The van der Waals surface area contributed by atoms with Crippen LogP contribution in [0.1, 0.15) is 24.8 Å². The minimum absolute atomic E-state index is 0.164. The molecule has 1 fully saturated rings. The number of nitrogens with one attached hydrogen (secondary N) is 1. The van der Waals surface area contributed by atoms with Crippen LogP contribution in [0, 0.1) is 17.0 Å². The first-order valence-corrected chi connectivity index (χ1v) is 6.27. The topological polar surface area (TPSA) is 64.4 Å². The van der Waals surface area contributed by atoms with E-state index in [1.807, 2.05) is 6.07 Å². The molecule has 0 amide bonds. The zero-order valence-corrected chi connectivity index (χ0v) is 10.5. The van der Waals surface area contributed by atoms with E-state index in [1.54, 1.807) is 19.1 Å². The van der Waals surface area contributed by atoms with Crippen LogP contribution in [0.25, 0.3) is 0 Å². The standard InChI is InChI=1S/C13H18N2O3/c1-10-4-5-11(9-13(10)15(16)17)14-7-6-12-3-2-8-18-12/h4-5,9,12,14H,2-3,6-8H2,1H3. The molecule has 1 aromatic rings. The maximum Gasteiger partial charge on any atom is 0.274 e. The highest BCUT2D eigenvalue weighted by Gasteiger charge is 2.15. The molecular weight excluding hydrogens is 232 g/mol. The molecular formula is C13H18N2O3. The van der Waals surface area contributed by atoms with Crippen molar-refractivity contribution in [1.29, 1.82) is 0 Å². The Kier molecular flexibility index (Phi) is 4.15. The molecule has 5 nitrogen and oxygen atoms in total. The van der Waals surface area contributed by atoms with Gasteiger partial charge < -0.3 is 10.1 Å². The van der Waals surface area contributed by atoms with Gasteiger partial charge in [0, 0.05) is 30.5 Å². The molecule has 0 radical (unpaired) electrons. The van der Waals surface area contributed by atoms with Crippen LogP contribution in [-0.2, 0) is 4.74 Å². The summed E-state index contributed by atoms with van der Waals surface area (Å²) in [5.74, 6) is 0. The van der Waals surface area contributed by atoms with Crippen molar-refractivity contribution in [2.75, 3.05) is 18.5 Å². The van der Waals surface area contributed by atoms with Gasteiger partial charge in [-0.05, 0) is 32.3 Å². The molecule has 0 bridgehead atoms. The molecule has 1 unspecified atom stereocenters. The number of rotatable bonds is 5. The van der Waals surface area contributed by atoms with E-state index in [0.717, 1.165) is 38.1 Å². The number of nitro groups is 1. The molecule has 0 spiro atoms. The van der Waals surface area contributed by atoms with Crippen LogP contribution in [0.5, 0.6) is 0 Å². The van der Waals surface area contributed by atoms with Crippen molar-refractivity contribution in [1.82, 2.24) is 0 Å². The fourth-order valence-electron chi connectivity index (χ4n) is 2.17. The van der Waals surface area contributed by atoms with Gasteiger partial charge in [0.15, 0.2) is 0 Å². The van der Waals surface area contributed by atoms with E-state index in [4.69, 9.17) is 4.74 Å². The van der Waals surface area contributed by atoms with E-state index < -0.39 is 0 Å². The van der Waals surface area contributed by atoms with Crippen molar-refractivity contribution in [3.05, 3.63) is 33.9 Å². The van der Waals surface area contributed by atoms with Crippen LogP contribution >= 0.6 is 0 Å². The molecule has 1 aliphatic rings. The van der Waals surface area contributed by atoms with Crippen LogP contribution < -0.4 is 5.32 Å².